The van der Waals surface area contributed by atoms with E-state index in [0.717, 1.165) is 5.56 Å². The lowest BCUT2D eigenvalue weighted by Gasteiger charge is -2.07. The van der Waals surface area contributed by atoms with E-state index in [4.69, 9.17) is 11.0 Å². The second kappa shape index (κ2) is 6.41. The minimum atomic E-state index is -0.872. The van der Waals surface area contributed by atoms with Crippen LogP contribution >= 0.6 is 0 Å². The third kappa shape index (κ3) is 4.13. The lowest BCUT2D eigenvalue weighted by atomic mass is 10.2. The van der Waals surface area contributed by atoms with Gasteiger partial charge in [0.1, 0.15) is 0 Å². The molecule has 0 aliphatic rings. The highest BCUT2D eigenvalue weighted by Gasteiger charge is 2.06. The monoisotopic (exact) mass is 236 g/mol. The number of nitrogens with two attached hydrogens (primary N) is 1. The quantitative estimate of drug-likeness (QED) is 0.840. The van der Waals surface area contributed by atoms with Crippen LogP contribution in [0.25, 0.3) is 0 Å². The zero-order chi connectivity index (χ0) is 12.0. The molecule has 0 heterocycles. The van der Waals surface area contributed by atoms with E-state index >= 15 is 0 Å². The molecule has 0 fully saturated rings. The van der Waals surface area contributed by atoms with Gasteiger partial charge >= 0.3 is 0 Å². The molecule has 0 bridgehead atoms. The van der Waals surface area contributed by atoms with Crippen molar-refractivity contribution in [3.8, 4) is 6.07 Å². The van der Waals surface area contributed by atoms with Crippen LogP contribution in [-0.4, -0.2) is 16.5 Å². The molecule has 3 nitrogen and oxygen atoms in total. The van der Waals surface area contributed by atoms with Gasteiger partial charge in [-0.25, -0.2) is 0 Å². The van der Waals surface area contributed by atoms with Gasteiger partial charge in [0.25, 0.3) is 0 Å². The van der Waals surface area contributed by atoms with Crippen LogP contribution in [0.2, 0.25) is 0 Å². The van der Waals surface area contributed by atoms with Crippen molar-refractivity contribution in [1.82, 2.24) is 0 Å². The summed E-state index contributed by atoms with van der Waals surface area (Å²) < 4.78 is 11.7. The van der Waals surface area contributed by atoms with Crippen LogP contribution in [0, 0.1) is 17.2 Å². The highest BCUT2D eigenvalue weighted by molar-refractivity contribution is 7.84. The molecular formula is C12H16N2OS. The Hall–Kier alpha value is -1.18. The normalized spacial score (nSPS) is 14.1. The van der Waals surface area contributed by atoms with E-state index in [0.29, 0.717) is 29.5 Å². The fourth-order valence-corrected chi connectivity index (χ4v) is 2.76. The first-order valence-corrected chi connectivity index (χ1v) is 6.68. The van der Waals surface area contributed by atoms with Crippen LogP contribution in [-0.2, 0) is 16.6 Å². The smallest absolute Gasteiger partial charge is 0.0991 e. The first-order chi connectivity index (χ1) is 7.65. The summed E-state index contributed by atoms with van der Waals surface area (Å²) in [5.74, 6) is 1.46. The molecule has 4 heteroatoms. The highest BCUT2D eigenvalue weighted by atomic mass is 32.2. The second-order valence-corrected chi connectivity index (χ2v) is 5.40. The summed E-state index contributed by atoms with van der Waals surface area (Å²) in [5.41, 5.74) is 7.11. The Bertz CT molecular complexity index is 394. The summed E-state index contributed by atoms with van der Waals surface area (Å²) in [6, 6.07) is 9.26. The van der Waals surface area contributed by atoms with Gasteiger partial charge in [0.15, 0.2) is 0 Å². The molecule has 1 aromatic rings. The topological polar surface area (TPSA) is 66.9 Å². The first-order valence-electron chi connectivity index (χ1n) is 5.19. The predicted molar refractivity (Wildman–Crippen MR) is 66.1 cm³/mol. The van der Waals surface area contributed by atoms with E-state index < -0.39 is 10.8 Å². The molecule has 0 aliphatic heterocycles. The Kier molecular flexibility index (Phi) is 5.17. The SMILES string of the molecule is CC(CN)CS(=O)Cc1ccc(C#N)cc1. The molecule has 2 unspecified atom stereocenters. The lowest BCUT2D eigenvalue weighted by Crippen LogP contribution is -2.18. The van der Waals surface area contributed by atoms with Crippen molar-refractivity contribution < 1.29 is 4.21 Å². The zero-order valence-electron chi connectivity index (χ0n) is 9.35. The van der Waals surface area contributed by atoms with Crippen molar-refractivity contribution in [3.63, 3.8) is 0 Å². The molecule has 0 saturated carbocycles. The molecule has 0 aliphatic carbocycles. The summed E-state index contributed by atoms with van der Waals surface area (Å²) in [6.45, 7) is 2.57. The number of benzene rings is 1. The average Bonchev–Trinajstić information content (AvgIpc) is 2.29. The van der Waals surface area contributed by atoms with Gasteiger partial charge in [-0.05, 0) is 30.2 Å². The van der Waals surface area contributed by atoms with Gasteiger partial charge < -0.3 is 5.73 Å². The molecule has 2 atom stereocenters. The molecule has 86 valence electrons. The zero-order valence-corrected chi connectivity index (χ0v) is 10.2. The highest BCUT2D eigenvalue weighted by Crippen LogP contribution is 2.08. The number of nitrogens with zero attached hydrogens (tertiary/aromatic N) is 1. The molecule has 0 spiro atoms. The second-order valence-electron chi connectivity index (χ2n) is 3.90. The molecule has 0 amide bonds. The third-order valence-corrected chi connectivity index (χ3v) is 3.88. The lowest BCUT2D eigenvalue weighted by molar-refractivity contribution is 0.640. The fraction of sp³-hybridized carbons (Fsp3) is 0.417. The summed E-state index contributed by atoms with van der Waals surface area (Å²) >= 11 is 0. The average molecular weight is 236 g/mol. The van der Waals surface area contributed by atoms with E-state index in [1.807, 2.05) is 19.1 Å². The van der Waals surface area contributed by atoms with E-state index in [-0.39, 0.29) is 0 Å². The molecule has 1 rings (SSSR count). The summed E-state index contributed by atoms with van der Waals surface area (Å²) in [6.07, 6.45) is 0. The van der Waals surface area contributed by atoms with Crippen LogP contribution < -0.4 is 5.73 Å². The molecule has 0 radical (unpaired) electrons. The standard InChI is InChI=1S/C12H16N2OS/c1-10(6-13)8-16(15)9-12-4-2-11(7-14)3-5-12/h2-5,10H,6,8-9,13H2,1H3. The molecule has 0 aromatic heterocycles. The predicted octanol–water partition coefficient (Wildman–Crippen LogP) is 1.40. The van der Waals surface area contributed by atoms with Gasteiger partial charge in [-0.1, -0.05) is 19.1 Å². The van der Waals surface area contributed by atoms with E-state index in [2.05, 4.69) is 6.07 Å². The Labute approximate surface area is 98.7 Å². The van der Waals surface area contributed by atoms with E-state index in [9.17, 15) is 4.21 Å². The summed E-state index contributed by atoms with van der Waals surface area (Å²) in [7, 11) is -0.872. The summed E-state index contributed by atoms with van der Waals surface area (Å²) in [4.78, 5) is 0. The third-order valence-electron chi connectivity index (χ3n) is 2.28. The molecule has 0 saturated heterocycles. The largest absolute Gasteiger partial charge is 0.330 e. The van der Waals surface area contributed by atoms with Crippen molar-refractivity contribution in [2.24, 2.45) is 11.7 Å². The Balaban J connectivity index is 2.53. The fourth-order valence-electron chi connectivity index (χ4n) is 1.31. The van der Waals surface area contributed by atoms with Crippen molar-refractivity contribution in [2.75, 3.05) is 12.3 Å². The van der Waals surface area contributed by atoms with Crippen LogP contribution in [0.4, 0.5) is 0 Å². The van der Waals surface area contributed by atoms with Gasteiger partial charge in [-0.2, -0.15) is 5.26 Å². The van der Waals surface area contributed by atoms with Gasteiger partial charge in [-0.3, -0.25) is 4.21 Å². The van der Waals surface area contributed by atoms with E-state index in [1.54, 1.807) is 12.1 Å². The first kappa shape index (κ1) is 12.9. The van der Waals surface area contributed by atoms with Gasteiger partial charge in [-0.15, -0.1) is 0 Å². The molecule has 2 N–H and O–H groups in total. The van der Waals surface area contributed by atoms with Crippen molar-refractivity contribution in [1.29, 1.82) is 5.26 Å². The molecule has 1 aromatic carbocycles. The Morgan fingerprint density at radius 2 is 2.06 bits per heavy atom. The summed E-state index contributed by atoms with van der Waals surface area (Å²) in [5, 5.41) is 8.64. The van der Waals surface area contributed by atoms with Crippen molar-refractivity contribution in [2.45, 2.75) is 12.7 Å². The maximum Gasteiger partial charge on any atom is 0.0991 e. The number of rotatable bonds is 5. The van der Waals surface area contributed by atoms with Crippen molar-refractivity contribution >= 4 is 10.8 Å². The van der Waals surface area contributed by atoms with Crippen LogP contribution in [0.3, 0.4) is 0 Å². The minimum absolute atomic E-state index is 0.291. The van der Waals surface area contributed by atoms with Crippen LogP contribution in [0.1, 0.15) is 18.1 Å². The van der Waals surface area contributed by atoms with E-state index in [1.165, 1.54) is 0 Å². The number of hydrogen-bond acceptors (Lipinski definition) is 3. The van der Waals surface area contributed by atoms with Crippen LogP contribution in [0.5, 0.6) is 0 Å². The maximum absolute atomic E-state index is 11.7. The van der Waals surface area contributed by atoms with Crippen molar-refractivity contribution in [3.05, 3.63) is 35.4 Å². The van der Waals surface area contributed by atoms with Crippen LogP contribution in [0.15, 0.2) is 24.3 Å². The Morgan fingerprint density at radius 3 is 2.56 bits per heavy atom. The van der Waals surface area contributed by atoms with Gasteiger partial charge in [0.2, 0.25) is 0 Å². The number of hydrogen-bond donors (Lipinski definition) is 1. The molecular weight excluding hydrogens is 220 g/mol. The van der Waals surface area contributed by atoms with Gasteiger partial charge in [0.05, 0.1) is 11.6 Å². The minimum Gasteiger partial charge on any atom is -0.330 e. The maximum atomic E-state index is 11.7. The molecule has 16 heavy (non-hydrogen) atoms. The Morgan fingerprint density at radius 1 is 1.44 bits per heavy atom. The van der Waals surface area contributed by atoms with Gasteiger partial charge in [0, 0.05) is 22.3 Å². The number of nitriles is 1.